The number of nitrogens with one attached hydrogen (secondary N) is 1. The van der Waals surface area contributed by atoms with E-state index in [0.29, 0.717) is 10.6 Å². The summed E-state index contributed by atoms with van der Waals surface area (Å²) in [7, 11) is 2.01. The molecule has 0 unspecified atom stereocenters. The highest BCUT2D eigenvalue weighted by Gasteiger charge is 2.08. The quantitative estimate of drug-likeness (QED) is 0.639. The van der Waals surface area contributed by atoms with E-state index in [-0.39, 0.29) is 5.84 Å². The van der Waals surface area contributed by atoms with Crippen molar-refractivity contribution in [3.63, 3.8) is 0 Å². The van der Waals surface area contributed by atoms with Crippen molar-refractivity contribution in [3.8, 4) is 0 Å². The first-order valence-electron chi connectivity index (χ1n) is 5.55. The fourth-order valence-electron chi connectivity index (χ4n) is 1.72. The standard InChI is InChI=1S/C13H13BrClN3S/c1-18(6-10-4-8(14)7-19-10)9-2-3-11(13(16)17)12(15)5-9/h2-5,7H,6H2,1H3,(H3,16,17). The summed E-state index contributed by atoms with van der Waals surface area (Å²) >= 11 is 11.3. The zero-order valence-electron chi connectivity index (χ0n) is 10.3. The van der Waals surface area contributed by atoms with E-state index in [0.717, 1.165) is 16.7 Å². The summed E-state index contributed by atoms with van der Waals surface area (Å²) < 4.78 is 1.10. The SMILES string of the molecule is CN(Cc1cc(Br)cs1)c1ccc(C(=N)N)c(Cl)c1. The number of nitrogens with two attached hydrogens (primary N) is 1. The average Bonchev–Trinajstić information content (AvgIpc) is 2.74. The van der Waals surface area contributed by atoms with Gasteiger partial charge in [-0.2, -0.15) is 0 Å². The predicted molar refractivity (Wildman–Crippen MR) is 86.6 cm³/mol. The van der Waals surface area contributed by atoms with Crippen LogP contribution in [0.15, 0.2) is 34.1 Å². The van der Waals surface area contributed by atoms with Gasteiger partial charge in [0, 0.05) is 33.0 Å². The summed E-state index contributed by atoms with van der Waals surface area (Å²) in [6, 6.07) is 7.64. The minimum atomic E-state index is -0.0126. The lowest BCUT2D eigenvalue weighted by molar-refractivity contribution is 0.940. The van der Waals surface area contributed by atoms with Crippen LogP contribution in [0.4, 0.5) is 5.69 Å². The Labute approximate surface area is 129 Å². The lowest BCUT2D eigenvalue weighted by atomic mass is 10.2. The van der Waals surface area contributed by atoms with Crippen LogP contribution < -0.4 is 10.6 Å². The summed E-state index contributed by atoms with van der Waals surface area (Å²) in [5, 5.41) is 9.98. The van der Waals surface area contributed by atoms with E-state index >= 15 is 0 Å². The van der Waals surface area contributed by atoms with Crippen LogP contribution in [0.5, 0.6) is 0 Å². The molecule has 2 rings (SSSR count). The van der Waals surface area contributed by atoms with Crippen LogP contribution in [-0.4, -0.2) is 12.9 Å². The maximum atomic E-state index is 7.41. The third-order valence-electron chi connectivity index (χ3n) is 2.70. The van der Waals surface area contributed by atoms with Crippen LogP contribution in [0.3, 0.4) is 0 Å². The molecule has 0 atom stereocenters. The molecule has 3 N–H and O–H groups in total. The second-order valence-electron chi connectivity index (χ2n) is 4.17. The maximum absolute atomic E-state index is 7.41. The molecule has 1 heterocycles. The fraction of sp³-hybridized carbons (Fsp3) is 0.154. The number of nitrogen functional groups attached to an aromatic ring is 1. The zero-order chi connectivity index (χ0) is 14.0. The molecule has 0 aliphatic heterocycles. The van der Waals surface area contributed by atoms with E-state index in [2.05, 4.69) is 32.3 Å². The van der Waals surface area contributed by atoms with Gasteiger partial charge in [0.15, 0.2) is 0 Å². The van der Waals surface area contributed by atoms with Gasteiger partial charge in [0.2, 0.25) is 0 Å². The predicted octanol–water partition coefficient (Wildman–Crippen LogP) is 4.08. The largest absolute Gasteiger partial charge is 0.384 e. The van der Waals surface area contributed by atoms with Gasteiger partial charge in [0.05, 0.1) is 11.6 Å². The highest BCUT2D eigenvalue weighted by atomic mass is 79.9. The van der Waals surface area contributed by atoms with Crippen molar-refractivity contribution in [2.45, 2.75) is 6.54 Å². The molecule has 1 aromatic heterocycles. The molecule has 2 aromatic rings. The summed E-state index contributed by atoms with van der Waals surface area (Å²) in [4.78, 5) is 3.37. The molecule has 6 heteroatoms. The molecule has 0 radical (unpaired) electrons. The molecular weight excluding hydrogens is 346 g/mol. The van der Waals surface area contributed by atoms with Crippen molar-refractivity contribution in [1.29, 1.82) is 5.41 Å². The van der Waals surface area contributed by atoms with Crippen LogP contribution in [0.2, 0.25) is 5.02 Å². The van der Waals surface area contributed by atoms with E-state index in [1.807, 2.05) is 19.2 Å². The van der Waals surface area contributed by atoms with E-state index < -0.39 is 0 Å². The number of thiophene rings is 1. The van der Waals surface area contributed by atoms with E-state index in [9.17, 15) is 0 Å². The summed E-state index contributed by atoms with van der Waals surface area (Å²) in [6.45, 7) is 0.812. The molecule has 100 valence electrons. The van der Waals surface area contributed by atoms with Crippen molar-refractivity contribution in [2.75, 3.05) is 11.9 Å². The average molecular weight is 359 g/mol. The van der Waals surface area contributed by atoms with E-state index in [1.54, 1.807) is 17.4 Å². The molecule has 0 bridgehead atoms. The Bertz CT molecular complexity index is 612. The normalized spacial score (nSPS) is 10.5. The van der Waals surface area contributed by atoms with Gasteiger partial charge in [0.25, 0.3) is 0 Å². The second kappa shape index (κ2) is 5.94. The Morgan fingerprint density at radius 2 is 2.21 bits per heavy atom. The lowest BCUT2D eigenvalue weighted by Gasteiger charge is -2.19. The third-order valence-corrected chi connectivity index (χ3v) is 4.69. The van der Waals surface area contributed by atoms with E-state index in [4.69, 9.17) is 22.7 Å². The first kappa shape index (κ1) is 14.4. The van der Waals surface area contributed by atoms with Gasteiger partial charge >= 0.3 is 0 Å². The monoisotopic (exact) mass is 357 g/mol. The van der Waals surface area contributed by atoms with Crippen molar-refractivity contribution in [1.82, 2.24) is 0 Å². The highest BCUT2D eigenvalue weighted by Crippen LogP contribution is 2.26. The Kier molecular flexibility index (Phi) is 4.50. The molecule has 0 amide bonds. The van der Waals surface area contributed by atoms with Gasteiger partial charge in [0.1, 0.15) is 5.84 Å². The molecule has 0 aliphatic rings. The van der Waals surface area contributed by atoms with Gasteiger partial charge in [-0.15, -0.1) is 11.3 Å². The van der Waals surface area contributed by atoms with Crippen molar-refractivity contribution >= 4 is 50.4 Å². The molecule has 0 spiro atoms. The number of anilines is 1. The van der Waals surface area contributed by atoms with Gasteiger partial charge in [-0.05, 0) is 40.2 Å². The number of nitrogens with zero attached hydrogens (tertiary/aromatic N) is 1. The van der Waals surface area contributed by atoms with Crippen LogP contribution in [0.1, 0.15) is 10.4 Å². The fourth-order valence-corrected chi connectivity index (χ4v) is 3.50. The van der Waals surface area contributed by atoms with Gasteiger partial charge < -0.3 is 10.6 Å². The van der Waals surface area contributed by atoms with Crippen LogP contribution >= 0.6 is 38.9 Å². The number of benzene rings is 1. The van der Waals surface area contributed by atoms with Crippen LogP contribution in [-0.2, 0) is 6.54 Å². The lowest BCUT2D eigenvalue weighted by Crippen LogP contribution is -2.17. The van der Waals surface area contributed by atoms with Gasteiger partial charge in [-0.25, -0.2) is 0 Å². The summed E-state index contributed by atoms with van der Waals surface area (Å²) in [5.41, 5.74) is 7.02. The number of hydrogen-bond acceptors (Lipinski definition) is 3. The highest BCUT2D eigenvalue weighted by molar-refractivity contribution is 9.10. The molecule has 0 saturated carbocycles. The minimum Gasteiger partial charge on any atom is -0.384 e. The number of hydrogen-bond donors (Lipinski definition) is 2. The molecule has 0 aliphatic carbocycles. The molecule has 0 saturated heterocycles. The number of rotatable bonds is 4. The van der Waals surface area contributed by atoms with Crippen LogP contribution in [0, 0.1) is 5.41 Å². The van der Waals surface area contributed by atoms with E-state index in [1.165, 1.54) is 4.88 Å². The smallest absolute Gasteiger partial charge is 0.124 e. The molecule has 3 nitrogen and oxygen atoms in total. The van der Waals surface area contributed by atoms with Crippen molar-refractivity contribution in [3.05, 3.63) is 49.6 Å². The van der Waals surface area contributed by atoms with Gasteiger partial charge in [-0.3, -0.25) is 5.41 Å². The zero-order valence-corrected chi connectivity index (χ0v) is 13.4. The topological polar surface area (TPSA) is 53.1 Å². The third kappa shape index (κ3) is 3.49. The van der Waals surface area contributed by atoms with Crippen LogP contribution in [0.25, 0.3) is 0 Å². The molecule has 1 aromatic carbocycles. The molecule has 19 heavy (non-hydrogen) atoms. The minimum absolute atomic E-state index is 0.0126. The van der Waals surface area contributed by atoms with Gasteiger partial charge in [-0.1, -0.05) is 11.6 Å². The maximum Gasteiger partial charge on any atom is 0.124 e. The number of halogens is 2. The molecule has 0 fully saturated rings. The summed E-state index contributed by atoms with van der Waals surface area (Å²) in [5.74, 6) is -0.0126. The van der Waals surface area contributed by atoms with Crippen molar-refractivity contribution in [2.24, 2.45) is 5.73 Å². The Hall–Kier alpha value is -1.04. The van der Waals surface area contributed by atoms with Crippen molar-refractivity contribution < 1.29 is 0 Å². The Morgan fingerprint density at radius 3 is 2.74 bits per heavy atom. The second-order valence-corrected chi connectivity index (χ2v) is 6.48. The molecular formula is C13H13BrClN3S. The Morgan fingerprint density at radius 1 is 1.47 bits per heavy atom. The first-order chi connectivity index (χ1) is 8.97. The number of amidine groups is 1. The summed E-state index contributed by atoms with van der Waals surface area (Å²) in [6.07, 6.45) is 0. The Balaban J connectivity index is 2.17. The first-order valence-corrected chi connectivity index (χ1v) is 7.60.